The van der Waals surface area contributed by atoms with Crippen LogP contribution in [-0.2, 0) is 0 Å². The molecule has 3 aromatic rings. The van der Waals surface area contributed by atoms with Gasteiger partial charge in [-0.25, -0.2) is 9.97 Å². The van der Waals surface area contributed by atoms with Crippen molar-refractivity contribution in [3.05, 3.63) is 72.1 Å². The molecule has 1 aromatic heterocycles. The number of aryl methyl sites for hydroxylation is 2. The summed E-state index contributed by atoms with van der Waals surface area (Å²) < 4.78 is 0. The Kier molecular flexibility index (Phi) is 4.01. The van der Waals surface area contributed by atoms with Gasteiger partial charge in [0.05, 0.1) is 0 Å². The standard InChI is InChI=1S/C18H18N4/c1-13-5-3-7-15(9-13)21-17-11-18(20-12-19-17)22-16-8-4-6-14(2)10-16/h3-12H,1-2H3,(H2,19,20,21,22). The number of hydrogen-bond donors (Lipinski definition) is 2. The summed E-state index contributed by atoms with van der Waals surface area (Å²) >= 11 is 0. The zero-order chi connectivity index (χ0) is 15.4. The van der Waals surface area contributed by atoms with Crippen LogP contribution in [0.2, 0.25) is 0 Å². The van der Waals surface area contributed by atoms with Crippen LogP contribution < -0.4 is 10.6 Å². The van der Waals surface area contributed by atoms with Crippen molar-refractivity contribution in [1.29, 1.82) is 0 Å². The number of nitrogens with one attached hydrogen (secondary N) is 2. The molecule has 0 aliphatic rings. The first-order valence-electron chi connectivity index (χ1n) is 7.18. The smallest absolute Gasteiger partial charge is 0.135 e. The lowest BCUT2D eigenvalue weighted by Crippen LogP contribution is -1.98. The van der Waals surface area contributed by atoms with Crippen molar-refractivity contribution in [2.75, 3.05) is 10.6 Å². The van der Waals surface area contributed by atoms with Crippen LogP contribution in [0, 0.1) is 13.8 Å². The molecule has 1 heterocycles. The summed E-state index contributed by atoms with van der Waals surface area (Å²) in [5.74, 6) is 1.52. The first-order valence-corrected chi connectivity index (χ1v) is 7.18. The monoisotopic (exact) mass is 290 g/mol. The molecule has 0 radical (unpaired) electrons. The minimum absolute atomic E-state index is 0.760. The maximum atomic E-state index is 4.26. The van der Waals surface area contributed by atoms with E-state index in [2.05, 4.69) is 58.7 Å². The van der Waals surface area contributed by atoms with Gasteiger partial charge in [0.1, 0.15) is 18.0 Å². The Balaban J connectivity index is 1.78. The van der Waals surface area contributed by atoms with E-state index in [1.54, 1.807) is 6.33 Å². The molecular formula is C18H18N4. The molecule has 0 bridgehead atoms. The summed E-state index contributed by atoms with van der Waals surface area (Å²) in [6, 6.07) is 18.3. The van der Waals surface area contributed by atoms with Gasteiger partial charge in [0.25, 0.3) is 0 Å². The third kappa shape index (κ3) is 3.61. The van der Waals surface area contributed by atoms with E-state index in [0.29, 0.717) is 0 Å². The van der Waals surface area contributed by atoms with E-state index >= 15 is 0 Å². The number of aromatic nitrogens is 2. The summed E-state index contributed by atoms with van der Waals surface area (Å²) in [4.78, 5) is 8.52. The second-order valence-electron chi connectivity index (χ2n) is 5.28. The normalized spacial score (nSPS) is 10.3. The van der Waals surface area contributed by atoms with Crippen molar-refractivity contribution in [2.24, 2.45) is 0 Å². The Hall–Kier alpha value is -2.88. The molecule has 0 spiro atoms. The number of nitrogens with zero attached hydrogens (tertiary/aromatic N) is 2. The third-order valence-corrected chi connectivity index (χ3v) is 3.25. The SMILES string of the molecule is Cc1cccc(Nc2cc(Nc3cccc(C)c3)ncn2)c1. The quantitative estimate of drug-likeness (QED) is 0.738. The van der Waals surface area contributed by atoms with Crippen molar-refractivity contribution in [1.82, 2.24) is 9.97 Å². The van der Waals surface area contributed by atoms with E-state index in [0.717, 1.165) is 23.0 Å². The average molecular weight is 290 g/mol. The predicted octanol–water partition coefficient (Wildman–Crippen LogP) is 4.58. The van der Waals surface area contributed by atoms with Crippen LogP contribution in [0.15, 0.2) is 60.9 Å². The fraction of sp³-hybridized carbons (Fsp3) is 0.111. The van der Waals surface area contributed by atoms with E-state index < -0.39 is 0 Å². The van der Waals surface area contributed by atoms with Crippen molar-refractivity contribution < 1.29 is 0 Å². The number of hydrogen-bond acceptors (Lipinski definition) is 4. The molecule has 0 amide bonds. The van der Waals surface area contributed by atoms with Gasteiger partial charge in [0.2, 0.25) is 0 Å². The van der Waals surface area contributed by atoms with Gasteiger partial charge < -0.3 is 10.6 Å². The van der Waals surface area contributed by atoms with Gasteiger partial charge in [-0.1, -0.05) is 24.3 Å². The predicted molar refractivity (Wildman–Crippen MR) is 91.0 cm³/mol. The van der Waals surface area contributed by atoms with Gasteiger partial charge in [0.15, 0.2) is 0 Å². The molecule has 4 heteroatoms. The average Bonchev–Trinajstić information content (AvgIpc) is 2.47. The second kappa shape index (κ2) is 6.26. The van der Waals surface area contributed by atoms with Crippen molar-refractivity contribution in [2.45, 2.75) is 13.8 Å². The molecule has 0 saturated heterocycles. The van der Waals surface area contributed by atoms with E-state index in [9.17, 15) is 0 Å². The summed E-state index contributed by atoms with van der Waals surface area (Å²) in [5, 5.41) is 6.58. The zero-order valence-corrected chi connectivity index (χ0v) is 12.7. The fourth-order valence-corrected chi connectivity index (χ4v) is 2.24. The van der Waals surface area contributed by atoms with Crippen LogP contribution in [0.3, 0.4) is 0 Å². The van der Waals surface area contributed by atoms with E-state index in [-0.39, 0.29) is 0 Å². The maximum Gasteiger partial charge on any atom is 0.135 e. The highest BCUT2D eigenvalue weighted by Crippen LogP contribution is 2.20. The van der Waals surface area contributed by atoms with Crippen LogP contribution in [-0.4, -0.2) is 9.97 Å². The molecule has 22 heavy (non-hydrogen) atoms. The lowest BCUT2D eigenvalue weighted by molar-refractivity contribution is 1.17. The Labute approximate surface area is 130 Å². The molecule has 110 valence electrons. The summed E-state index contributed by atoms with van der Waals surface area (Å²) in [6.07, 6.45) is 1.55. The van der Waals surface area contributed by atoms with Gasteiger partial charge in [-0.3, -0.25) is 0 Å². The Morgan fingerprint density at radius 1 is 0.682 bits per heavy atom. The molecule has 0 saturated carbocycles. The molecule has 0 aliphatic heterocycles. The fourth-order valence-electron chi connectivity index (χ4n) is 2.24. The molecule has 0 aliphatic carbocycles. The third-order valence-electron chi connectivity index (χ3n) is 3.25. The number of anilines is 4. The van der Waals surface area contributed by atoms with Gasteiger partial charge in [-0.05, 0) is 49.2 Å². The van der Waals surface area contributed by atoms with Crippen molar-refractivity contribution in [3.63, 3.8) is 0 Å². The van der Waals surface area contributed by atoms with Crippen LogP contribution in [0.5, 0.6) is 0 Å². The highest BCUT2D eigenvalue weighted by atomic mass is 15.1. The molecule has 0 unspecified atom stereocenters. The summed E-state index contributed by atoms with van der Waals surface area (Å²) in [6.45, 7) is 4.13. The Morgan fingerprint density at radius 3 is 1.64 bits per heavy atom. The highest BCUT2D eigenvalue weighted by Gasteiger charge is 2.01. The van der Waals surface area contributed by atoms with Gasteiger partial charge >= 0.3 is 0 Å². The van der Waals surface area contributed by atoms with Crippen LogP contribution in [0.25, 0.3) is 0 Å². The van der Waals surface area contributed by atoms with Crippen molar-refractivity contribution in [3.8, 4) is 0 Å². The lowest BCUT2D eigenvalue weighted by Gasteiger charge is -2.09. The van der Waals surface area contributed by atoms with E-state index in [4.69, 9.17) is 0 Å². The largest absolute Gasteiger partial charge is 0.340 e. The molecule has 3 rings (SSSR count). The summed E-state index contributed by atoms with van der Waals surface area (Å²) in [7, 11) is 0. The lowest BCUT2D eigenvalue weighted by atomic mass is 10.2. The van der Waals surface area contributed by atoms with Crippen molar-refractivity contribution >= 4 is 23.0 Å². The maximum absolute atomic E-state index is 4.26. The number of benzene rings is 2. The minimum atomic E-state index is 0.760. The molecular weight excluding hydrogens is 272 g/mol. The minimum Gasteiger partial charge on any atom is -0.340 e. The summed E-state index contributed by atoms with van der Waals surface area (Å²) in [5.41, 5.74) is 4.44. The first-order chi connectivity index (χ1) is 10.7. The Bertz CT molecular complexity index is 721. The highest BCUT2D eigenvalue weighted by molar-refractivity contribution is 5.63. The molecule has 2 N–H and O–H groups in total. The van der Waals surface area contributed by atoms with Crippen LogP contribution in [0.4, 0.5) is 23.0 Å². The molecule has 4 nitrogen and oxygen atoms in total. The van der Waals surface area contributed by atoms with Crippen LogP contribution in [0.1, 0.15) is 11.1 Å². The van der Waals surface area contributed by atoms with E-state index in [1.165, 1.54) is 11.1 Å². The Morgan fingerprint density at radius 2 is 1.18 bits per heavy atom. The van der Waals surface area contributed by atoms with Gasteiger partial charge in [-0.2, -0.15) is 0 Å². The second-order valence-corrected chi connectivity index (χ2v) is 5.28. The zero-order valence-electron chi connectivity index (χ0n) is 12.7. The molecule has 0 fully saturated rings. The first kappa shape index (κ1) is 14.1. The van der Waals surface area contributed by atoms with Gasteiger partial charge in [0, 0.05) is 17.4 Å². The van der Waals surface area contributed by atoms with E-state index in [1.807, 2.05) is 30.3 Å². The van der Waals surface area contributed by atoms with Crippen LogP contribution >= 0.6 is 0 Å². The topological polar surface area (TPSA) is 49.8 Å². The molecule has 0 atom stereocenters. The number of rotatable bonds is 4. The van der Waals surface area contributed by atoms with Gasteiger partial charge in [-0.15, -0.1) is 0 Å². The molecule has 2 aromatic carbocycles.